The van der Waals surface area contributed by atoms with Crippen LogP contribution in [0.25, 0.3) is 10.8 Å². The van der Waals surface area contributed by atoms with E-state index in [9.17, 15) is 9.59 Å². The number of rotatable bonds is 3. The first-order valence-electron chi connectivity index (χ1n) is 8.38. The van der Waals surface area contributed by atoms with Crippen LogP contribution >= 0.6 is 11.6 Å². The van der Waals surface area contributed by atoms with Gasteiger partial charge in [0.05, 0.1) is 7.11 Å². The Balaban J connectivity index is 2.33. The molecule has 3 rings (SSSR count). The lowest BCUT2D eigenvalue weighted by atomic mass is 9.87. The van der Waals surface area contributed by atoms with E-state index in [2.05, 4.69) is 11.3 Å². The Bertz CT molecular complexity index is 1000. The zero-order valence-corrected chi connectivity index (χ0v) is 16.1. The molecule has 0 atom stereocenters. The van der Waals surface area contributed by atoms with E-state index in [1.54, 1.807) is 25.1 Å². The summed E-state index contributed by atoms with van der Waals surface area (Å²) in [5.74, 6) is 0.296. The highest BCUT2D eigenvalue weighted by atomic mass is 35.5. The Morgan fingerprint density at radius 3 is 2.48 bits per heavy atom. The summed E-state index contributed by atoms with van der Waals surface area (Å²) in [5.41, 5.74) is 3.00. The molecule has 5 nitrogen and oxygen atoms in total. The first-order chi connectivity index (χ1) is 12.8. The van der Waals surface area contributed by atoms with Gasteiger partial charge >= 0.3 is 12.1 Å². The molecule has 0 aromatic heterocycles. The van der Waals surface area contributed by atoms with E-state index in [0.29, 0.717) is 45.7 Å². The predicted octanol–water partition coefficient (Wildman–Crippen LogP) is 5.16. The molecule has 140 valence electrons. The van der Waals surface area contributed by atoms with Crippen molar-refractivity contribution in [2.45, 2.75) is 26.7 Å². The van der Waals surface area contributed by atoms with E-state index in [4.69, 9.17) is 21.1 Å². The second-order valence-electron chi connectivity index (χ2n) is 6.46. The van der Waals surface area contributed by atoms with Gasteiger partial charge in [0, 0.05) is 32.5 Å². The minimum atomic E-state index is -0.823. The molecule has 1 aliphatic carbocycles. The summed E-state index contributed by atoms with van der Waals surface area (Å²) in [5, 5.41) is 1.67. The number of fused-ring (bicyclic) bond motifs is 2. The zero-order chi connectivity index (χ0) is 19.7. The summed E-state index contributed by atoms with van der Waals surface area (Å²) in [6.45, 7) is 7.24. The highest BCUT2D eigenvalue weighted by molar-refractivity contribution is 6.31. The van der Waals surface area contributed by atoms with Gasteiger partial charge in [-0.2, -0.15) is 0 Å². The van der Waals surface area contributed by atoms with Gasteiger partial charge in [0.2, 0.25) is 0 Å². The second-order valence-corrected chi connectivity index (χ2v) is 6.90. The fraction of sp³-hybridized carbons (Fsp3) is 0.238. The smallest absolute Gasteiger partial charge is 0.437 e. The number of carbonyl (C=O) groups excluding carboxylic acids is 2. The van der Waals surface area contributed by atoms with Crippen molar-refractivity contribution in [3.05, 3.63) is 58.1 Å². The number of ether oxygens (including phenoxy) is 3. The maximum absolute atomic E-state index is 12.2. The first kappa shape index (κ1) is 19.0. The lowest BCUT2D eigenvalue weighted by Crippen LogP contribution is -2.16. The van der Waals surface area contributed by atoms with Gasteiger partial charge in [-0.3, -0.25) is 0 Å². The summed E-state index contributed by atoms with van der Waals surface area (Å²) in [6.07, 6.45) is 2.34. The van der Waals surface area contributed by atoms with Crippen molar-refractivity contribution in [3.63, 3.8) is 0 Å². The van der Waals surface area contributed by atoms with Crippen LogP contribution in [-0.4, -0.2) is 19.2 Å². The number of hydrogen-bond donors (Lipinski definition) is 0. The Hall–Kier alpha value is -2.79. The molecule has 0 spiro atoms. The molecule has 0 saturated carbocycles. The molecule has 0 fully saturated rings. The van der Waals surface area contributed by atoms with Crippen molar-refractivity contribution in [2.75, 3.05) is 7.11 Å². The molecule has 0 aliphatic heterocycles. The van der Waals surface area contributed by atoms with Crippen LogP contribution in [0.5, 0.6) is 11.5 Å². The largest absolute Gasteiger partial charge is 0.513 e. The van der Waals surface area contributed by atoms with Crippen molar-refractivity contribution in [2.24, 2.45) is 0 Å². The van der Waals surface area contributed by atoms with Crippen molar-refractivity contribution < 1.29 is 23.8 Å². The van der Waals surface area contributed by atoms with E-state index >= 15 is 0 Å². The molecule has 2 aromatic rings. The Labute approximate surface area is 162 Å². The number of benzene rings is 2. The van der Waals surface area contributed by atoms with Crippen LogP contribution in [0.3, 0.4) is 0 Å². The van der Waals surface area contributed by atoms with Crippen molar-refractivity contribution in [3.8, 4) is 11.5 Å². The molecule has 0 N–H and O–H groups in total. The molecule has 0 radical (unpaired) electrons. The van der Waals surface area contributed by atoms with Crippen LogP contribution in [0.4, 0.5) is 4.79 Å². The molecule has 0 bridgehead atoms. The zero-order valence-electron chi connectivity index (χ0n) is 15.3. The Morgan fingerprint density at radius 2 is 1.81 bits per heavy atom. The topological polar surface area (TPSA) is 61.8 Å². The van der Waals surface area contributed by atoms with E-state index < -0.39 is 12.1 Å². The van der Waals surface area contributed by atoms with Gasteiger partial charge in [-0.25, -0.2) is 9.59 Å². The van der Waals surface area contributed by atoms with Gasteiger partial charge in [0.15, 0.2) is 0 Å². The van der Waals surface area contributed by atoms with Gasteiger partial charge < -0.3 is 14.2 Å². The number of carbonyl (C=O) groups is 2. The quantitative estimate of drug-likeness (QED) is 0.239. The molecule has 1 aliphatic rings. The van der Waals surface area contributed by atoms with Gasteiger partial charge in [0.25, 0.3) is 0 Å². The standard InChI is InChI=1S/C21H19ClO5/c1-11(2)20(23)26-18-15-8-6-13(22)10-17(15)19(27-21(24)25-4)14-7-5-12(3)9-16(14)18/h5-6,8,10H,1,7,9H2,2-4H3. The SMILES string of the molecule is C=C(C)C(=O)Oc1c2c(c(OC(=O)OC)c3cc(Cl)ccc13)CC=C(C)C2. The molecular weight excluding hydrogens is 368 g/mol. The molecule has 0 amide bonds. The summed E-state index contributed by atoms with van der Waals surface area (Å²) in [4.78, 5) is 24.1. The van der Waals surface area contributed by atoms with Gasteiger partial charge in [-0.15, -0.1) is 0 Å². The first-order valence-corrected chi connectivity index (χ1v) is 8.75. The van der Waals surface area contributed by atoms with E-state index in [0.717, 1.165) is 16.7 Å². The van der Waals surface area contributed by atoms with Gasteiger partial charge in [-0.1, -0.05) is 29.8 Å². The van der Waals surface area contributed by atoms with Gasteiger partial charge in [-0.05, 0) is 44.9 Å². The van der Waals surface area contributed by atoms with Crippen molar-refractivity contribution in [1.82, 2.24) is 0 Å². The lowest BCUT2D eigenvalue weighted by Gasteiger charge is -2.23. The Kier molecular flexibility index (Phi) is 5.24. The summed E-state index contributed by atoms with van der Waals surface area (Å²) < 4.78 is 15.8. The molecule has 6 heteroatoms. The third-order valence-corrected chi connectivity index (χ3v) is 4.62. The van der Waals surface area contributed by atoms with Crippen LogP contribution in [-0.2, 0) is 22.4 Å². The van der Waals surface area contributed by atoms with Crippen molar-refractivity contribution in [1.29, 1.82) is 0 Å². The predicted molar refractivity (Wildman–Crippen MR) is 104 cm³/mol. The van der Waals surface area contributed by atoms with Gasteiger partial charge in [0.1, 0.15) is 11.5 Å². The monoisotopic (exact) mass is 386 g/mol. The highest BCUT2D eigenvalue weighted by Gasteiger charge is 2.26. The number of halogens is 1. The van der Waals surface area contributed by atoms with Crippen LogP contribution in [0, 0.1) is 0 Å². The summed E-state index contributed by atoms with van der Waals surface area (Å²) >= 11 is 6.17. The summed E-state index contributed by atoms with van der Waals surface area (Å²) in [7, 11) is 1.25. The van der Waals surface area contributed by atoms with E-state index in [-0.39, 0.29) is 0 Å². The fourth-order valence-electron chi connectivity index (χ4n) is 3.07. The molecule has 0 heterocycles. The average molecular weight is 387 g/mol. The molecule has 0 unspecified atom stereocenters. The molecule has 2 aromatic carbocycles. The minimum Gasteiger partial charge on any atom is -0.437 e. The van der Waals surface area contributed by atoms with E-state index in [1.807, 2.05) is 13.0 Å². The minimum absolute atomic E-state index is 0.295. The third kappa shape index (κ3) is 3.69. The van der Waals surface area contributed by atoms with Crippen LogP contribution in [0.1, 0.15) is 25.0 Å². The van der Waals surface area contributed by atoms with Crippen LogP contribution in [0.15, 0.2) is 42.0 Å². The number of hydrogen-bond acceptors (Lipinski definition) is 5. The number of esters is 1. The maximum Gasteiger partial charge on any atom is 0.513 e. The van der Waals surface area contributed by atoms with Crippen molar-refractivity contribution >= 4 is 34.5 Å². The number of allylic oxidation sites excluding steroid dienone is 2. The number of methoxy groups -OCH3 is 1. The lowest BCUT2D eigenvalue weighted by molar-refractivity contribution is -0.130. The second kappa shape index (κ2) is 7.45. The molecule has 0 saturated heterocycles. The fourth-order valence-corrected chi connectivity index (χ4v) is 3.24. The molecule has 27 heavy (non-hydrogen) atoms. The third-order valence-electron chi connectivity index (χ3n) is 4.39. The maximum atomic E-state index is 12.2. The molecular formula is C21H19ClO5. The Morgan fingerprint density at radius 1 is 1.11 bits per heavy atom. The highest BCUT2D eigenvalue weighted by Crippen LogP contribution is 2.45. The van der Waals surface area contributed by atoms with Crippen LogP contribution < -0.4 is 9.47 Å². The van der Waals surface area contributed by atoms with E-state index in [1.165, 1.54) is 7.11 Å². The summed E-state index contributed by atoms with van der Waals surface area (Å²) in [6, 6.07) is 5.12. The van der Waals surface area contributed by atoms with Crippen LogP contribution in [0.2, 0.25) is 5.02 Å². The average Bonchev–Trinajstić information content (AvgIpc) is 2.63. The normalized spacial score (nSPS) is 12.8.